The number of rotatable bonds is 5. The van der Waals surface area contributed by atoms with Crippen LogP contribution in [0.2, 0.25) is 0 Å². The van der Waals surface area contributed by atoms with Gasteiger partial charge in [0.1, 0.15) is 11.6 Å². The molecule has 27 heavy (non-hydrogen) atoms. The third kappa shape index (κ3) is 2.88. The highest BCUT2D eigenvalue weighted by molar-refractivity contribution is 5.97. The van der Waals surface area contributed by atoms with Gasteiger partial charge in [-0.1, -0.05) is 13.8 Å². The zero-order chi connectivity index (χ0) is 19.1. The molecule has 3 aromatic rings. The molecule has 0 amide bonds. The molecule has 4 nitrogen and oxygen atoms in total. The van der Waals surface area contributed by atoms with Crippen molar-refractivity contribution in [2.45, 2.75) is 53.0 Å². The normalized spacial score (nSPS) is 13.6. The van der Waals surface area contributed by atoms with E-state index < -0.39 is 0 Å². The Morgan fingerprint density at radius 3 is 2.59 bits per heavy atom. The Morgan fingerprint density at radius 1 is 1.15 bits per heavy atom. The average Bonchev–Trinajstić information content (AvgIpc) is 3.03. The summed E-state index contributed by atoms with van der Waals surface area (Å²) >= 11 is 0. The van der Waals surface area contributed by atoms with Gasteiger partial charge in [0.15, 0.2) is 0 Å². The van der Waals surface area contributed by atoms with Gasteiger partial charge in [0, 0.05) is 35.6 Å². The minimum Gasteiger partial charge on any atom is -0.497 e. The third-order valence-corrected chi connectivity index (χ3v) is 5.89. The highest BCUT2D eigenvalue weighted by Crippen LogP contribution is 2.41. The molecule has 4 rings (SSSR count). The van der Waals surface area contributed by atoms with Crippen molar-refractivity contribution >= 4 is 22.4 Å². The van der Waals surface area contributed by atoms with Gasteiger partial charge in [-0.3, -0.25) is 0 Å². The van der Waals surface area contributed by atoms with Crippen LogP contribution in [0.25, 0.3) is 10.9 Å². The van der Waals surface area contributed by atoms with Crippen molar-refractivity contribution in [3.05, 3.63) is 47.3 Å². The lowest BCUT2D eigenvalue weighted by Gasteiger charge is -2.30. The van der Waals surface area contributed by atoms with E-state index in [0.717, 1.165) is 43.1 Å². The van der Waals surface area contributed by atoms with Gasteiger partial charge < -0.3 is 14.2 Å². The molecule has 0 unspecified atom stereocenters. The topological polar surface area (TPSA) is 30.3 Å². The molecule has 0 fully saturated rings. The Balaban J connectivity index is 1.90. The first kappa shape index (κ1) is 17.9. The summed E-state index contributed by atoms with van der Waals surface area (Å²) in [6.45, 7) is 9.77. The Bertz CT molecular complexity index is 985. The lowest BCUT2D eigenvalue weighted by atomic mass is 10.0. The van der Waals surface area contributed by atoms with Gasteiger partial charge in [0.25, 0.3) is 0 Å². The Morgan fingerprint density at radius 2 is 1.93 bits per heavy atom. The lowest BCUT2D eigenvalue weighted by Crippen LogP contribution is -2.25. The minimum absolute atomic E-state index is 0.546. The van der Waals surface area contributed by atoms with Crippen LogP contribution in [0.5, 0.6) is 5.75 Å². The number of ether oxygens (including phenoxy) is 1. The first-order valence-electron chi connectivity index (χ1n) is 10.0. The smallest absolute Gasteiger partial charge is 0.143 e. The molecular weight excluding hydrogens is 334 g/mol. The molecule has 3 heterocycles. The number of nitrogens with zero attached hydrogens (tertiary/aromatic N) is 3. The van der Waals surface area contributed by atoms with Crippen LogP contribution in [0.4, 0.5) is 11.5 Å². The van der Waals surface area contributed by atoms with E-state index in [0.29, 0.717) is 6.04 Å². The molecule has 1 aromatic carbocycles. The fourth-order valence-corrected chi connectivity index (χ4v) is 4.45. The SMILES string of the molecule is CCC(CC)n1cc2c3c(nc(C)cc31)N(c1ccc(OC)cc1C)CC2. The number of anilines is 2. The lowest BCUT2D eigenvalue weighted by molar-refractivity contribution is 0.414. The standard InChI is InChI=1S/C23H29N3O/c1-6-18(7-2)26-14-17-10-11-25(20-9-8-19(27-5)12-15(20)3)23-22(17)21(26)13-16(4)24-23/h8-9,12-14,18H,6-7,10-11H2,1-5H3. The second-order valence-corrected chi connectivity index (χ2v) is 7.57. The van der Waals surface area contributed by atoms with Gasteiger partial charge >= 0.3 is 0 Å². The summed E-state index contributed by atoms with van der Waals surface area (Å²) in [7, 11) is 1.72. The van der Waals surface area contributed by atoms with E-state index in [2.05, 4.69) is 61.6 Å². The molecule has 0 radical (unpaired) electrons. The van der Waals surface area contributed by atoms with Crippen molar-refractivity contribution in [1.82, 2.24) is 9.55 Å². The maximum absolute atomic E-state index is 5.39. The van der Waals surface area contributed by atoms with Crippen LogP contribution in [0.1, 0.15) is 49.6 Å². The van der Waals surface area contributed by atoms with Crippen LogP contribution in [0.3, 0.4) is 0 Å². The minimum atomic E-state index is 0.546. The highest BCUT2D eigenvalue weighted by Gasteiger charge is 2.26. The molecule has 0 spiro atoms. The maximum Gasteiger partial charge on any atom is 0.143 e. The van der Waals surface area contributed by atoms with Gasteiger partial charge in [0.05, 0.1) is 12.6 Å². The summed E-state index contributed by atoms with van der Waals surface area (Å²) in [5.41, 5.74) is 6.27. The molecule has 0 aliphatic carbocycles. The molecular formula is C23H29N3O. The van der Waals surface area contributed by atoms with E-state index in [1.807, 2.05) is 6.07 Å². The van der Waals surface area contributed by atoms with Crippen molar-refractivity contribution in [1.29, 1.82) is 0 Å². The molecule has 1 aliphatic heterocycles. The summed E-state index contributed by atoms with van der Waals surface area (Å²) in [5.74, 6) is 2.00. The summed E-state index contributed by atoms with van der Waals surface area (Å²) in [5, 5.41) is 1.33. The van der Waals surface area contributed by atoms with Crippen LogP contribution in [0.15, 0.2) is 30.5 Å². The van der Waals surface area contributed by atoms with Gasteiger partial charge in [-0.15, -0.1) is 0 Å². The number of hydrogen-bond acceptors (Lipinski definition) is 3. The number of methoxy groups -OCH3 is 1. The third-order valence-electron chi connectivity index (χ3n) is 5.89. The Labute approximate surface area is 161 Å². The van der Waals surface area contributed by atoms with Crippen LogP contribution in [-0.4, -0.2) is 23.2 Å². The summed E-state index contributed by atoms with van der Waals surface area (Å²) in [4.78, 5) is 7.36. The average molecular weight is 364 g/mol. The van der Waals surface area contributed by atoms with Gasteiger partial charge in [-0.25, -0.2) is 4.98 Å². The molecule has 0 N–H and O–H groups in total. The fourth-order valence-electron chi connectivity index (χ4n) is 4.45. The first-order chi connectivity index (χ1) is 13.1. The number of aromatic nitrogens is 2. The molecule has 2 aromatic heterocycles. The summed E-state index contributed by atoms with van der Waals surface area (Å²) in [6, 6.07) is 9.11. The van der Waals surface area contributed by atoms with Crippen LogP contribution < -0.4 is 9.64 Å². The molecule has 4 heteroatoms. The quantitative estimate of drug-likeness (QED) is 0.581. The first-order valence-corrected chi connectivity index (χ1v) is 10.0. The van der Waals surface area contributed by atoms with Crippen molar-refractivity contribution in [2.24, 2.45) is 0 Å². The number of aryl methyl sites for hydroxylation is 2. The van der Waals surface area contributed by atoms with Gasteiger partial charge in [0.2, 0.25) is 0 Å². The highest BCUT2D eigenvalue weighted by atomic mass is 16.5. The summed E-state index contributed by atoms with van der Waals surface area (Å²) in [6.07, 6.45) is 5.73. The monoisotopic (exact) mass is 363 g/mol. The van der Waals surface area contributed by atoms with E-state index in [9.17, 15) is 0 Å². The van der Waals surface area contributed by atoms with E-state index >= 15 is 0 Å². The van der Waals surface area contributed by atoms with Crippen molar-refractivity contribution in [2.75, 3.05) is 18.6 Å². The van der Waals surface area contributed by atoms with Crippen LogP contribution >= 0.6 is 0 Å². The van der Waals surface area contributed by atoms with E-state index in [1.54, 1.807) is 7.11 Å². The van der Waals surface area contributed by atoms with E-state index in [4.69, 9.17) is 9.72 Å². The van der Waals surface area contributed by atoms with Crippen LogP contribution in [-0.2, 0) is 6.42 Å². The molecule has 0 saturated carbocycles. The number of benzene rings is 1. The molecule has 0 bridgehead atoms. The Hall–Kier alpha value is -2.49. The molecule has 1 aliphatic rings. The van der Waals surface area contributed by atoms with Crippen molar-refractivity contribution < 1.29 is 4.74 Å². The second-order valence-electron chi connectivity index (χ2n) is 7.57. The van der Waals surface area contributed by atoms with E-state index in [-0.39, 0.29) is 0 Å². The van der Waals surface area contributed by atoms with Gasteiger partial charge in [-0.05, 0) is 68.5 Å². The van der Waals surface area contributed by atoms with Crippen LogP contribution in [0, 0.1) is 13.8 Å². The maximum atomic E-state index is 5.39. The predicted octanol–water partition coefficient (Wildman–Crippen LogP) is 5.72. The Kier molecular flexibility index (Phi) is 4.58. The van der Waals surface area contributed by atoms with Crippen molar-refractivity contribution in [3.8, 4) is 5.75 Å². The largest absolute Gasteiger partial charge is 0.497 e. The number of hydrogen-bond donors (Lipinski definition) is 0. The van der Waals surface area contributed by atoms with Gasteiger partial charge in [-0.2, -0.15) is 0 Å². The molecule has 0 saturated heterocycles. The summed E-state index contributed by atoms with van der Waals surface area (Å²) < 4.78 is 7.88. The van der Waals surface area contributed by atoms with Crippen molar-refractivity contribution in [3.63, 3.8) is 0 Å². The molecule has 142 valence electrons. The second kappa shape index (κ2) is 6.91. The molecule has 0 atom stereocenters. The van der Waals surface area contributed by atoms with E-state index in [1.165, 1.54) is 27.7 Å². The predicted molar refractivity (Wildman–Crippen MR) is 113 cm³/mol. The zero-order valence-corrected chi connectivity index (χ0v) is 17.0. The zero-order valence-electron chi connectivity index (χ0n) is 17.0. The fraction of sp³-hybridized carbons (Fsp3) is 0.435. The number of pyridine rings is 1.